The number of nitrogens with one attached hydrogen (secondary N) is 3. The Hall–Kier alpha value is -0.580. The summed E-state index contributed by atoms with van der Waals surface area (Å²) in [7, 11) is -1.32. The molecule has 1 atom stereocenters. The minimum atomic E-state index is -2.95. The molecule has 0 fully saturated rings. The number of sulfone groups is 1. The number of hydrogen-bond acceptors (Lipinski definition) is 4. The highest BCUT2D eigenvalue weighted by molar-refractivity contribution is 14.0. The maximum absolute atomic E-state index is 11.4. The zero-order chi connectivity index (χ0) is 16.3. The summed E-state index contributed by atoms with van der Waals surface area (Å²) < 4.78 is 22.2. The van der Waals surface area contributed by atoms with Crippen LogP contribution in [0.25, 0.3) is 0 Å². The molecule has 0 aromatic carbocycles. The van der Waals surface area contributed by atoms with Crippen molar-refractivity contribution in [3.63, 3.8) is 0 Å². The van der Waals surface area contributed by atoms with Crippen molar-refractivity contribution >= 4 is 45.7 Å². The van der Waals surface area contributed by atoms with Gasteiger partial charge in [0.25, 0.3) is 0 Å². The predicted molar refractivity (Wildman–Crippen MR) is 102 cm³/mol. The summed E-state index contributed by atoms with van der Waals surface area (Å²) in [6, 6.07) is -0.0140. The number of rotatable bonds is 9. The first kappa shape index (κ1) is 23.7. The molecule has 0 aromatic rings. The van der Waals surface area contributed by atoms with E-state index in [4.69, 9.17) is 0 Å². The van der Waals surface area contributed by atoms with Crippen LogP contribution in [0.2, 0.25) is 0 Å². The number of hydrogen-bond donors (Lipinski definition) is 3. The van der Waals surface area contributed by atoms with Gasteiger partial charge in [-0.15, -0.1) is 24.0 Å². The first-order valence-electron chi connectivity index (χ1n) is 7.20. The Balaban J connectivity index is 0. The van der Waals surface area contributed by atoms with Crippen molar-refractivity contribution in [3.05, 3.63) is 0 Å². The minimum absolute atomic E-state index is 0. The summed E-state index contributed by atoms with van der Waals surface area (Å²) in [5, 5.41) is 8.93. The van der Waals surface area contributed by atoms with Gasteiger partial charge in [-0.1, -0.05) is 6.92 Å². The minimum Gasteiger partial charge on any atom is -0.356 e. The second-order valence-corrected chi connectivity index (χ2v) is 7.32. The number of carbonyl (C=O) groups excluding carboxylic acids is 1. The van der Waals surface area contributed by atoms with Gasteiger partial charge in [-0.25, -0.2) is 8.42 Å². The predicted octanol–water partition coefficient (Wildman–Crippen LogP) is 0.509. The normalized spacial score (nSPS) is 13.0. The molecular formula is C13H29IN4O3S. The lowest BCUT2D eigenvalue weighted by molar-refractivity contribution is -0.120. The third-order valence-electron chi connectivity index (χ3n) is 2.75. The van der Waals surface area contributed by atoms with Crippen LogP contribution in [-0.2, 0) is 14.6 Å². The van der Waals surface area contributed by atoms with E-state index in [2.05, 4.69) is 20.9 Å². The SMILES string of the molecule is CCCNC(=O)CCNC(=NC)NC(C)CCS(C)(=O)=O.I. The molecule has 1 amide bonds. The number of halogens is 1. The van der Waals surface area contributed by atoms with E-state index in [1.807, 2.05) is 13.8 Å². The molecule has 0 aliphatic carbocycles. The largest absolute Gasteiger partial charge is 0.356 e. The molecule has 132 valence electrons. The van der Waals surface area contributed by atoms with Gasteiger partial charge in [-0.3, -0.25) is 9.79 Å². The molecule has 0 bridgehead atoms. The first-order valence-corrected chi connectivity index (χ1v) is 9.26. The smallest absolute Gasteiger partial charge is 0.221 e. The van der Waals surface area contributed by atoms with Crippen molar-refractivity contribution in [2.45, 2.75) is 39.2 Å². The summed E-state index contributed by atoms with van der Waals surface area (Å²) >= 11 is 0. The Labute approximate surface area is 151 Å². The van der Waals surface area contributed by atoms with Gasteiger partial charge in [0.1, 0.15) is 9.84 Å². The molecule has 22 heavy (non-hydrogen) atoms. The molecule has 0 saturated carbocycles. The summed E-state index contributed by atoms with van der Waals surface area (Å²) in [6.45, 7) is 5.07. The molecule has 0 saturated heterocycles. The molecule has 7 nitrogen and oxygen atoms in total. The van der Waals surface area contributed by atoms with Gasteiger partial charge >= 0.3 is 0 Å². The van der Waals surface area contributed by atoms with Crippen molar-refractivity contribution in [3.8, 4) is 0 Å². The molecule has 0 aliphatic heterocycles. The maximum Gasteiger partial charge on any atom is 0.221 e. The number of aliphatic imine (C=N–C) groups is 1. The van der Waals surface area contributed by atoms with Gasteiger partial charge in [-0.05, 0) is 19.8 Å². The summed E-state index contributed by atoms with van der Waals surface area (Å²) in [4.78, 5) is 15.5. The highest BCUT2D eigenvalue weighted by Crippen LogP contribution is 1.95. The van der Waals surface area contributed by atoms with Crippen molar-refractivity contribution in [1.29, 1.82) is 0 Å². The van der Waals surface area contributed by atoms with Crippen LogP contribution in [0.5, 0.6) is 0 Å². The molecule has 9 heteroatoms. The molecule has 0 aromatic heterocycles. The Morgan fingerprint density at radius 1 is 1.23 bits per heavy atom. The molecule has 0 heterocycles. The topological polar surface area (TPSA) is 99.7 Å². The van der Waals surface area contributed by atoms with E-state index in [0.717, 1.165) is 6.42 Å². The number of amides is 1. The average molecular weight is 448 g/mol. The number of carbonyl (C=O) groups is 1. The van der Waals surface area contributed by atoms with E-state index >= 15 is 0 Å². The third-order valence-corrected chi connectivity index (χ3v) is 3.72. The number of nitrogens with zero attached hydrogens (tertiary/aromatic N) is 1. The van der Waals surface area contributed by atoms with E-state index in [0.29, 0.717) is 31.9 Å². The van der Waals surface area contributed by atoms with Crippen LogP contribution in [0.15, 0.2) is 4.99 Å². The van der Waals surface area contributed by atoms with Crippen LogP contribution in [-0.4, -0.2) is 58.5 Å². The molecule has 0 radical (unpaired) electrons. The highest BCUT2D eigenvalue weighted by Gasteiger charge is 2.09. The van der Waals surface area contributed by atoms with Gasteiger partial charge in [0.2, 0.25) is 5.91 Å². The maximum atomic E-state index is 11.4. The molecule has 0 rings (SSSR count). The standard InChI is InChI=1S/C13H28N4O3S.HI/c1-5-8-15-12(18)6-9-16-13(14-3)17-11(2)7-10-21(4,19)20;/h11H,5-10H2,1-4H3,(H,15,18)(H2,14,16,17);1H. The lowest BCUT2D eigenvalue weighted by atomic mass is 10.3. The lowest BCUT2D eigenvalue weighted by Crippen LogP contribution is -2.43. The third kappa shape index (κ3) is 14.4. The Morgan fingerprint density at radius 2 is 1.86 bits per heavy atom. The Bertz CT molecular complexity index is 441. The zero-order valence-electron chi connectivity index (χ0n) is 13.8. The molecular weight excluding hydrogens is 419 g/mol. The van der Waals surface area contributed by atoms with E-state index < -0.39 is 9.84 Å². The molecule has 0 spiro atoms. The Morgan fingerprint density at radius 3 is 2.36 bits per heavy atom. The quantitative estimate of drug-likeness (QED) is 0.271. The average Bonchev–Trinajstić information content (AvgIpc) is 2.41. The van der Waals surface area contributed by atoms with E-state index in [9.17, 15) is 13.2 Å². The second-order valence-electron chi connectivity index (χ2n) is 5.06. The van der Waals surface area contributed by atoms with E-state index in [-0.39, 0.29) is 41.7 Å². The summed E-state index contributed by atoms with van der Waals surface area (Å²) in [5.41, 5.74) is 0. The van der Waals surface area contributed by atoms with Crippen LogP contribution in [0.1, 0.15) is 33.1 Å². The monoisotopic (exact) mass is 448 g/mol. The zero-order valence-corrected chi connectivity index (χ0v) is 17.0. The second kappa shape index (κ2) is 12.9. The fraction of sp³-hybridized carbons (Fsp3) is 0.846. The summed E-state index contributed by atoms with van der Waals surface area (Å²) in [6.07, 6.45) is 3.02. The van der Waals surface area contributed by atoms with Crippen LogP contribution >= 0.6 is 24.0 Å². The van der Waals surface area contributed by atoms with Gasteiger partial charge in [0.15, 0.2) is 5.96 Å². The molecule has 3 N–H and O–H groups in total. The first-order chi connectivity index (χ1) is 9.78. The highest BCUT2D eigenvalue weighted by atomic mass is 127. The fourth-order valence-corrected chi connectivity index (χ4v) is 2.32. The van der Waals surface area contributed by atoms with Crippen LogP contribution < -0.4 is 16.0 Å². The van der Waals surface area contributed by atoms with Gasteiger partial charge < -0.3 is 16.0 Å². The van der Waals surface area contributed by atoms with Crippen LogP contribution in [0, 0.1) is 0 Å². The summed E-state index contributed by atoms with van der Waals surface area (Å²) in [5.74, 6) is 0.710. The van der Waals surface area contributed by atoms with Crippen molar-refractivity contribution in [2.75, 3.05) is 32.1 Å². The number of guanidine groups is 1. The van der Waals surface area contributed by atoms with E-state index in [1.54, 1.807) is 7.05 Å². The van der Waals surface area contributed by atoms with Gasteiger partial charge in [-0.2, -0.15) is 0 Å². The van der Waals surface area contributed by atoms with Crippen LogP contribution in [0.3, 0.4) is 0 Å². The van der Waals surface area contributed by atoms with Crippen molar-refractivity contribution in [2.24, 2.45) is 4.99 Å². The van der Waals surface area contributed by atoms with Crippen LogP contribution in [0.4, 0.5) is 0 Å². The molecule has 0 aliphatic rings. The van der Waals surface area contributed by atoms with Gasteiger partial charge in [0, 0.05) is 38.9 Å². The van der Waals surface area contributed by atoms with Crippen molar-refractivity contribution < 1.29 is 13.2 Å². The fourth-order valence-electron chi connectivity index (χ4n) is 1.54. The van der Waals surface area contributed by atoms with Crippen molar-refractivity contribution in [1.82, 2.24) is 16.0 Å². The Kier molecular flexibility index (Phi) is 13.9. The lowest BCUT2D eigenvalue weighted by Gasteiger charge is -2.17. The van der Waals surface area contributed by atoms with E-state index in [1.165, 1.54) is 6.26 Å². The molecule has 1 unspecified atom stereocenters. The van der Waals surface area contributed by atoms with Gasteiger partial charge in [0.05, 0.1) is 5.75 Å².